The minimum absolute atomic E-state index is 0.413. The third kappa shape index (κ3) is 2.13. The largest absolute Gasteiger partial charge is 0.492 e. The quantitative estimate of drug-likeness (QED) is 0.858. The molecule has 4 nitrogen and oxygen atoms in total. The smallest absolute Gasteiger partial charge is 0.177 e. The summed E-state index contributed by atoms with van der Waals surface area (Å²) >= 11 is 1.37. The van der Waals surface area contributed by atoms with Crippen molar-refractivity contribution in [1.29, 1.82) is 5.26 Å². The zero-order chi connectivity index (χ0) is 13.3. The number of thiophene rings is 1. The van der Waals surface area contributed by atoms with Crippen LogP contribution in [0.15, 0.2) is 0 Å². The van der Waals surface area contributed by atoms with Crippen LogP contribution in [0.5, 0.6) is 5.75 Å². The molecule has 1 heterocycles. The second kappa shape index (κ2) is 4.69. The minimum Gasteiger partial charge on any atom is -0.492 e. The molecule has 1 saturated carbocycles. The second-order valence-electron chi connectivity index (χ2n) is 5.19. The summed E-state index contributed by atoms with van der Waals surface area (Å²) in [6, 6.07) is 2.10. The predicted octanol–water partition coefficient (Wildman–Crippen LogP) is 3.06. The molecule has 0 amide bonds. The number of hydrogen-bond donors (Lipinski definition) is 2. The number of ether oxygens (including phenoxy) is 1. The number of nitrogen functional groups attached to an aromatic ring is 1. The van der Waals surface area contributed by atoms with Crippen molar-refractivity contribution < 1.29 is 4.74 Å². The highest BCUT2D eigenvalue weighted by Crippen LogP contribution is 2.52. The van der Waals surface area contributed by atoms with Gasteiger partial charge in [0.25, 0.3) is 0 Å². The first kappa shape index (κ1) is 13.0. The van der Waals surface area contributed by atoms with Crippen LogP contribution in [-0.4, -0.2) is 13.7 Å². The van der Waals surface area contributed by atoms with E-state index in [1.165, 1.54) is 24.2 Å². The summed E-state index contributed by atoms with van der Waals surface area (Å²) in [5.41, 5.74) is 6.72. The summed E-state index contributed by atoms with van der Waals surface area (Å²) in [4.78, 5) is 0.517. The molecular weight excluding hydrogens is 246 g/mol. The molecule has 0 atom stereocenters. The van der Waals surface area contributed by atoms with E-state index in [4.69, 9.17) is 15.7 Å². The van der Waals surface area contributed by atoms with Crippen LogP contribution in [0.4, 0.5) is 10.7 Å². The lowest BCUT2D eigenvalue weighted by Crippen LogP contribution is -2.20. The fourth-order valence-electron chi connectivity index (χ4n) is 2.21. The van der Waals surface area contributed by atoms with Gasteiger partial charge in [0.05, 0.1) is 7.11 Å². The lowest BCUT2D eigenvalue weighted by molar-refractivity contribution is 0.378. The predicted molar refractivity (Wildman–Crippen MR) is 75.0 cm³/mol. The number of nitrogens with two attached hydrogens (primary N) is 1. The van der Waals surface area contributed by atoms with Gasteiger partial charge in [-0.3, -0.25) is 0 Å². The molecule has 0 saturated heterocycles. The fourth-order valence-corrected chi connectivity index (χ4v) is 3.09. The number of anilines is 2. The van der Waals surface area contributed by atoms with Crippen molar-refractivity contribution in [2.75, 3.05) is 24.7 Å². The van der Waals surface area contributed by atoms with Gasteiger partial charge in [-0.05, 0) is 24.2 Å². The maximum Gasteiger partial charge on any atom is 0.177 e. The minimum atomic E-state index is 0.413. The molecule has 0 aromatic carbocycles. The van der Waals surface area contributed by atoms with E-state index in [1.807, 2.05) is 0 Å². The van der Waals surface area contributed by atoms with Crippen LogP contribution in [0, 0.1) is 22.7 Å². The molecule has 1 aromatic rings. The summed E-state index contributed by atoms with van der Waals surface area (Å²) in [5.74, 6) is 1.28. The Kier molecular flexibility index (Phi) is 3.40. The van der Waals surface area contributed by atoms with Crippen molar-refractivity contribution in [2.45, 2.75) is 26.7 Å². The Labute approximate surface area is 112 Å². The van der Waals surface area contributed by atoms with E-state index in [0.717, 1.165) is 11.5 Å². The van der Waals surface area contributed by atoms with Gasteiger partial charge in [-0.15, -0.1) is 11.3 Å². The highest BCUT2D eigenvalue weighted by molar-refractivity contribution is 7.17. The van der Waals surface area contributed by atoms with E-state index >= 15 is 0 Å². The third-order valence-corrected chi connectivity index (χ3v) is 4.97. The van der Waals surface area contributed by atoms with Gasteiger partial charge in [0.1, 0.15) is 21.6 Å². The molecule has 18 heavy (non-hydrogen) atoms. The standard InChI is InChI=1S/C13H19N3OS/c1-8(2)13(4-5-13)7-16-12-11(17-3)10(15)9(6-14)18-12/h8,16H,4-5,7,15H2,1-3H3. The van der Waals surface area contributed by atoms with Gasteiger partial charge in [-0.25, -0.2) is 0 Å². The van der Waals surface area contributed by atoms with Gasteiger partial charge in [0.15, 0.2) is 5.75 Å². The number of rotatable bonds is 5. The van der Waals surface area contributed by atoms with Gasteiger partial charge in [-0.1, -0.05) is 13.8 Å². The molecular formula is C13H19N3OS. The number of hydrogen-bond acceptors (Lipinski definition) is 5. The molecule has 0 radical (unpaired) electrons. The maximum absolute atomic E-state index is 8.98. The lowest BCUT2D eigenvalue weighted by Gasteiger charge is -2.20. The van der Waals surface area contributed by atoms with Gasteiger partial charge in [-0.2, -0.15) is 5.26 Å². The SMILES string of the molecule is COc1c(NCC2(C(C)C)CC2)sc(C#N)c1N. The molecule has 0 aliphatic heterocycles. The highest BCUT2D eigenvalue weighted by Gasteiger charge is 2.45. The summed E-state index contributed by atoms with van der Waals surface area (Å²) < 4.78 is 5.28. The maximum atomic E-state index is 8.98. The Bertz CT molecular complexity index is 483. The van der Waals surface area contributed by atoms with E-state index in [0.29, 0.717) is 27.6 Å². The van der Waals surface area contributed by atoms with Crippen molar-refractivity contribution in [3.63, 3.8) is 0 Å². The van der Waals surface area contributed by atoms with Crippen LogP contribution in [-0.2, 0) is 0 Å². The molecule has 3 N–H and O–H groups in total. The van der Waals surface area contributed by atoms with Crippen LogP contribution in [0.2, 0.25) is 0 Å². The third-order valence-electron chi connectivity index (χ3n) is 3.92. The zero-order valence-corrected chi connectivity index (χ0v) is 11.9. The Balaban J connectivity index is 2.13. The number of methoxy groups -OCH3 is 1. The molecule has 0 bridgehead atoms. The van der Waals surface area contributed by atoms with Crippen molar-refractivity contribution in [2.24, 2.45) is 11.3 Å². The number of nitrogens with zero attached hydrogens (tertiary/aromatic N) is 1. The molecule has 98 valence electrons. The average Bonchev–Trinajstić information content (AvgIpc) is 3.07. The van der Waals surface area contributed by atoms with Crippen molar-refractivity contribution in [3.8, 4) is 11.8 Å². The van der Waals surface area contributed by atoms with E-state index in [9.17, 15) is 0 Å². The first-order valence-electron chi connectivity index (χ1n) is 6.14. The number of nitrogens with one attached hydrogen (secondary N) is 1. The molecule has 1 fully saturated rings. The first-order chi connectivity index (χ1) is 8.54. The molecule has 1 aliphatic carbocycles. The summed E-state index contributed by atoms with van der Waals surface area (Å²) in [6.45, 7) is 5.44. The van der Waals surface area contributed by atoms with Gasteiger partial charge in [0.2, 0.25) is 0 Å². The molecule has 1 aromatic heterocycles. The van der Waals surface area contributed by atoms with Crippen molar-refractivity contribution in [1.82, 2.24) is 0 Å². The molecule has 2 rings (SSSR count). The molecule has 0 spiro atoms. The van der Waals surface area contributed by atoms with E-state index < -0.39 is 0 Å². The highest BCUT2D eigenvalue weighted by atomic mass is 32.1. The normalized spacial score (nSPS) is 16.4. The summed E-state index contributed by atoms with van der Waals surface area (Å²) in [5, 5.41) is 13.3. The average molecular weight is 265 g/mol. The molecule has 5 heteroatoms. The first-order valence-corrected chi connectivity index (χ1v) is 6.96. The van der Waals surface area contributed by atoms with Gasteiger partial charge in [0, 0.05) is 6.54 Å². The number of nitriles is 1. The summed E-state index contributed by atoms with van der Waals surface area (Å²) in [6.07, 6.45) is 2.54. The Morgan fingerprint density at radius 1 is 1.56 bits per heavy atom. The van der Waals surface area contributed by atoms with E-state index in [-0.39, 0.29) is 0 Å². The second-order valence-corrected chi connectivity index (χ2v) is 6.21. The Hall–Kier alpha value is -1.41. The van der Waals surface area contributed by atoms with E-state index in [1.54, 1.807) is 7.11 Å². The zero-order valence-electron chi connectivity index (χ0n) is 11.0. The molecule has 0 unspecified atom stereocenters. The molecule has 1 aliphatic rings. The van der Waals surface area contributed by atoms with Crippen LogP contribution < -0.4 is 15.8 Å². The van der Waals surface area contributed by atoms with Gasteiger partial charge < -0.3 is 15.8 Å². The lowest BCUT2D eigenvalue weighted by atomic mass is 9.92. The fraction of sp³-hybridized carbons (Fsp3) is 0.615. The Morgan fingerprint density at radius 3 is 2.67 bits per heavy atom. The van der Waals surface area contributed by atoms with Crippen LogP contribution in [0.1, 0.15) is 31.6 Å². The van der Waals surface area contributed by atoms with Gasteiger partial charge >= 0.3 is 0 Å². The topological polar surface area (TPSA) is 71.1 Å². The van der Waals surface area contributed by atoms with Crippen molar-refractivity contribution in [3.05, 3.63) is 4.88 Å². The van der Waals surface area contributed by atoms with Crippen LogP contribution >= 0.6 is 11.3 Å². The summed E-state index contributed by atoms with van der Waals surface area (Å²) in [7, 11) is 1.58. The van der Waals surface area contributed by atoms with Crippen LogP contribution in [0.25, 0.3) is 0 Å². The monoisotopic (exact) mass is 265 g/mol. The van der Waals surface area contributed by atoms with E-state index in [2.05, 4.69) is 25.2 Å². The van der Waals surface area contributed by atoms with Crippen molar-refractivity contribution >= 4 is 22.0 Å². The Morgan fingerprint density at radius 2 is 2.22 bits per heavy atom. The van der Waals surface area contributed by atoms with Crippen LogP contribution in [0.3, 0.4) is 0 Å².